The smallest absolute Gasteiger partial charge is 0.139 e. The van der Waals surface area contributed by atoms with Crippen molar-refractivity contribution >= 4 is 40.5 Å². The van der Waals surface area contributed by atoms with Crippen LogP contribution in [-0.4, -0.2) is 17.0 Å². The Morgan fingerprint density at radius 1 is 1.05 bits per heavy atom. The van der Waals surface area contributed by atoms with Crippen molar-refractivity contribution in [2.24, 2.45) is 0 Å². The molecule has 0 unspecified atom stereocenters. The second-order valence-electron chi connectivity index (χ2n) is 4.33. The fraction of sp³-hybridized carbons (Fsp3) is 0.286. The van der Waals surface area contributed by atoms with Gasteiger partial charge in [0.15, 0.2) is 0 Å². The molecule has 20 heavy (non-hydrogen) atoms. The Bertz CT molecular complexity index is 581. The second kappa shape index (κ2) is 6.77. The third kappa shape index (κ3) is 3.52. The lowest BCUT2D eigenvalue weighted by atomic mass is 10.1. The van der Waals surface area contributed by atoms with Gasteiger partial charge in [0.05, 0.1) is 0 Å². The molecule has 1 aromatic carbocycles. The summed E-state index contributed by atoms with van der Waals surface area (Å²) in [5.74, 6) is 1.60. The number of nitrogens with zero attached hydrogens (tertiary/aromatic N) is 2. The van der Waals surface area contributed by atoms with Gasteiger partial charge in [-0.25, -0.2) is 9.97 Å². The van der Waals surface area contributed by atoms with Gasteiger partial charge in [-0.2, -0.15) is 0 Å². The van der Waals surface area contributed by atoms with Crippen LogP contribution in [0.5, 0.6) is 0 Å². The minimum atomic E-state index is 0.583. The van der Waals surface area contributed by atoms with Gasteiger partial charge in [0, 0.05) is 28.3 Å². The second-order valence-corrected chi connectivity index (χ2v) is 5.21. The van der Waals surface area contributed by atoms with Crippen molar-refractivity contribution in [2.45, 2.75) is 19.8 Å². The van der Waals surface area contributed by atoms with Crippen molar-refractivity contribution < 1.29 is 0 Å². The molecule has 1 aromatic heterocycles. The van der Waals surface area contributed by atoms with Crippen LogP contribution in [0.4, 0.5) is 17.3 Å². The molecule has 6 heteroatoms. The number of aromatic nitrogens is 2. The Morgan fingerprint density at radius 3 is 2.30 bits per heavy atom. The lowest BCUT2D eigenvalue weighted by molar-refractivity contribution is 0.905. The Morgan fingerprint density at radius 2 is 1.70 bits per heavy atom. The molecular formula is C14H16Cl2N4. The Hall–Kier alpha value is -1.52. The molecular weight excluding hydrogens is 295 g/mol. The highest BCUT2D eigenvalue weighted by atomic mass is 35.5. The molecule has 0 fully saturated rings. The highest BCUT2D eigenvalue weighted by molar-refractivity contribution is 6.35. The van der Waals surface area contributed by atoms with E-state index < -0.39 is 0 Å². The predicted molar refractivity (Wildman–Crippen MR) is 85.3 cm³/mol. The maximum Gasteiger partial charge on any atom is 0.139 e. The highest BCUT2D eigenvalue weighted by Gasteiger charge is 2.10. The summed E-state index contributed by atoms with van der Waals surface area (Å²) < 4.78 is 0. The Balaban J connectivity index is 2.37. The van der Waals surface area contributed by atoms with Gasteiger partial charge < -0.3 is 10.6 Å². The molecule has 0 aliphatic rings. The van der Waals surface area contributed by atoms with Gasteiger partial charge >= 0.3 is 0 Å². The minimum absolute atomic E-state index is 0.583. The molecule has 0 aliphatic heterocycles. The van der Waals surface area contributed by atoms with E-state index in [1.165, 1.54) is 6.33 Å². The van der Waals surface area contributed by atoms with E-state index in [0.29, 0.717) is 10.0 Å². The summed E-state index contributed by atoms with van der Waals surface area (Å²) in [5, 5.41) is 7.51. The average molecular weight is 311 g/mol. The molecule has 0 saturated heterocycles. The summed E-state index contributed by atoms with van der Waals surface area (Å²) in [6, 6.07) is 5.31. The maximum absolute atomic E-state index is 6.01. The standard InChI is InChI=1S/C14H16Cl2N4/c1-3-4-12-13(17-2)18-8-19-14(12)20-11-6-9(15)5-10(16)7-11/h5-8H,3-4H2,1-2H3,(H2,17,18,19,20). The van der Waals surface area contributed by atoms with E-state index in [4.69, 9.17) is 23.2 Å². The largest absolute Gasteiger partial charge is 0.373 e. The van der Waals surface area contributed by atoms with E-state index in [2.05, 4.69) is 27.5 Å². The van der Waals surface area contributed by atoms with Gasteiger partial charge in [0.25, 0.3) is 0 Å². The molecule has 2 rings (SSSR count). The number of anilines is 3. The molecule has 0 amide bonds. The van der Waals surface area contributed by atoms with E-state index >= 15 is 0 Å². The van der Waals surface area contributed by atoms with Crippen LogP contribution in [0.2, 0.25) is 10.0 Å². The van der Waals surface area contributed by atoms with Crippen molar-refractivity contribution in [3.8, 4) is 0 Å². The molecule has 2 N–H and O–H groups in total. The van der Waals surface area contributed by atoms with Gasteiger partial charge in [-0.1, -0.05) is 36.5 Å². The lowest BCUT2D eigenvalue weighted by Crippen LogP contribution is -2.05. The third-order valence-electron chi connectivity index (χ3n) is 2.81. The molecule has 0 spiro atoms. The van der Waals surface area contributed by atoms with Crippen LogP contribution in [-0.2, 0) is 6.42 Å². The molecule has 4 nitrogen and oxygen atoms in total. The summed E-state index contributed by atoms with van der Waals surface area (Å²) in [6.07, 6.45) is 3.42. The van der Waals surface area contributed by atoms with E-state index in [-0.39, 0.29) is 0 Å². The first-order valence-electron chi connectivity index (χ1n) is 6.38. The summed E-state index contributed by atoms with van der Waals surface area (Å²) in [4.78, 5) is 8.55. The number of hydrogen-bond donors (Lipinski definition) is 2. The Kier molecular flexibility index (Phi) is 5.04. The fourth-order valence-corrected chi connectivity index (χ4v) is 2.51. The highest BCUT2D eigenvalue weighted by Crippen LogP contribution is 2.28. The van der Waals surface area contributed by atoms with Crippen molar-refractivity contribution in [1.82, 2.24) is 9.97 Å². The van der Waals surface area contributed by atoms with Crippen LogP contribution in [0.15, 0.2) is 24.5 Å². The number of nitrogens with one attached hydrogen (secondary N) is 2. The van der Waals surface area contributed by atoms with Crippen LogP contribution in [0.3, 0.4) is 0 Å². The van der Waals surface area contributed by atoms with Crippen molar-refractivity contribution in [2.75, 3.05) is 17.7 Å². The lowest BCUT2D eigenvalue weighted by Gasteiger charge is -2.14. The van der Waals surface area contributed by atoms with Crippen molar-refractivity contribution in [3.05, 3.63) is 40.1 Å². The van der Waals surface area contributed by atoms with Crippen molar-refractivity contribution in [1.29, 1.82) is 0 Å². The van der Waals surface area contributed by atoms with Crippen molar-refractivity contribution in [3.63, 3.8) is 0 Å². The number of halogens is 2. The molecule has 0 bridgehead atoms. The summed E-state index contributed by atoms with van der Waals surface area (Å²) in [5.41, 5.74) is 1.86. The zero-order chi connectivity index (χ0) is 14.5. The van der Waals surface area contributed by atoms with E-state index in [0.717, 1.165) is 35.7 Å². The van der Waals surface area contributed by atoms with Crippen LogP contribution in [0.1, 0.15) is 18.9 Å². The predicted octanol–water partition coefficient (Wildman–Crippen LogP) is 4.52. The fourth-order valence-electron chi connectivity index (χ4n) is 1.99. The van der Waals surface area contributed by atoms with E-state index in [1.807, 2.05) is 19.2 Å². The monoisotopic (exact) mass is 310 g/mol. The first-order chi connectivity index (χ1) is 9.63. The topological polar surface area (TPSA) is 49.8 Å². The zero-order valence-corrected chi connectivity index (χ0v) is 12.9. The third-order valence-corrected chi connectivity index (χ3v) is 3.24. The molecule has 1 heterocycles. The number of hydrogen-bond acceptors (Lipinski definition) is 4. The first-order valence-corrected chi connectivity index (χ1v) is 7.14. The minimum Gasteiger partial charge on any atom is -0.373 e. The molecule has 0 atom stereocenters. The van der Waals surface area contributed by atoms with Gasteiger partial charge in [-0.3, -0.25) is 0 Å². The van der Waals surface area contributed by atoms with Gasteiger partial charge in [0.2, 0.25) is 0 Å². The van der Waals surface area contributed by atoms with Crippen LogP contribution in [0.25, 0.3) is 0 Å². The quantitative estimate of drug-likeness (QED) is 0.852. The summed E-state index contributed by atoms with van der Waals surface area (Å²) >= 11 is 12.0. The number of benzene rings is 1. The van der Waals surface area contributed by atoms with Crippen LogP contribution < -0.4 is 10.6 Å². The Labute approximate surface area is 128 Å². The average Bonchev–Trinajstić information content (AvgIpc) is 2.39. The zero-order valence-electron chi connectivity index (χ0n) is 11.4. The SMILES string of the molecule is CCCc1c(NC)ncnc1Nc1cc(Cl)cc(Cl)c1. The molecule has 106 valence electrons. The van der Waals surface area contributed by atoms with E-state index in [1.54, 1.807) is 6.07 Å². The molecule has 0 aliphatic carbocycles. The van der Waals surface area contributed by atoms with E-state index in [9.17, 15) is 0 Å². The van der Waals surface area contributed by atoms with Gasteiger partial charge in [0.1, 0.15) is 18.0 Å². The van der Waals surface area contributed by atoms with Crippen LogP contribution >= 0.6 is 23.2 Å². The summed E-state index contributed by atoms with van der Waals surface area (Å²) in [7, 11) is 1.85. The first kappa shape index (κ1) is 14.9. The molecule has 0 radical (unpaired) electrons. The molecule has 0 saturated carbocycles. The summed E-state index contributed by atoms with van der Waals surface area (Å²) in [6.45, 7) is 2.12. The van der Waals surface area contributed by atoms with Gasteiger partial charge in [-0.15, -0.1) is 0 Å². The number of rotatable bonds is 5. The maximum atomic E-state index is 6.01. The van der Waals surface area contributed by atoms with Gasteiger partial charge in [-0.05, 0) is 24.6 Å². The van der Waals surface area contributed by atoms with Crippen LogP contribution in [0, 0.1) is 0 Å². The normalized spacial score (nSPS) is 10.4. The molecule has 2 aromatic rings.